The van der Waals surface area contributed by atoms with Crippen molar-refractivity contribution >= 4 is 143 Å². The Balaban J connectivity index is 1.10. The molecule has 4 amide bonds. The van der Waals surface area contributed by atoms with Crippen LogP contribution < -0.4 is 38.2 Å². The van der Waals surface area contributed by atoms with Crippen LogP contribution in [0.5, 0.6) is 34.6 Å². The molecule has 4 aromatic rings. The number of nitrogens with zero attached hydrogens (tertiary/aromatic N) is 5. The summed E-state index contributed by atoms with van der Waals surface area (Å²) in [5.74, 6) is 0.509. The number of hydrogen-bond donors (Lipinski definition) is 0. The molecule has 32 heteroatoms. The van der Waals surface area contributed by atoms with Crippen molar-refractivity contribution in [2.24, 2.45) is 0 Å². The molecule has 8 rings (SSSR count). The van der Waals surface area contributed by atoms with Gasteiger partial charge in [-0.25, -0.2) is 24.4 Å². The van der Waals surface area contributed by atoms with Crippen LogP contribution in [0.4, 0.5) is 21.0 Å². The van der Waals surface area contributed by atoms with E-state index in [0.29, 0.717) is 16.9 Å². The number of carbonyl (C=O) groups excluding carboxylic acids is 4. The number of fused-ring (bicyclic) bond motifs is 4. The summed E-state index contributed by atoms with van der Waals surface area (Å²) in [7, 11) is -4.91. The number of hydrogen-bond acceptors (Lipinski definition) is 19. The van der Waals surface area contributed by atoms with Gasteiger partial charge in [0.2, 0.25) is 13.5 Å². The van der Waals surface area contributed by atoms with Crippen LogP contribution in [0.15, 0.2) is 79.3 Å². The number of ether oxygens (including phenoxy) is 9. The molecule has 1 aromatic heterocycles. The van der Waals surface area contributed by atoms with E-state index in [4.69, 9.17) is 125 Å². The number of amides is 4. The molecule has 3 aromatic carbocycles. The van der Waals surface area contributed by atoms with E-state index in [1.165, 1.54) is 53.2 Å². The van der Waals surface area contributed by atoms with Gasteiger partial charge in [0.15, 0.2) is 52.1 Å². The fourth-order valence-electron chi connectivity index (χ4n) is 10.3. The van der Waals surface area contributed by atoms with E-state index in [0.717, 1.165) is 17.4 Å². The topological polar surface area (TPSA) is 239 Å². The molecule has 0 N–H and O–H groups in total. The third kappa shape index (κ3) is 18.5. The van der Waals surface area contributed by atoms with Crippen LogP contribution in [-0.2, 0) is 37.4 Å². The molecule has 0 fully saturated rings. The van der Waals surface area contributed by atoms with Gasteiger partial charge >= 0.3 is 12.2 Å². The second-order valence-corrected chi connectivity index (χ2v) is 42.3. The van der Waals surface area contributed by atoms with Gasteiger partial charge in [-0.15, -0.1) is 0 Å². The second kappa shape index (κ2) is 30.6. The van der Waals surface area contributed by atoms with Crippen LogP contribution in [0.2, 0.25) is 36.3 Å². The fourth-order valence-corrected chi connectivity index (χ4v) is 13.5. The third-order valence-corrected chi connectivity index (χ3v) is 27.4. The number of alkyl halides is 6. The predicted octanol–water partition coefficient (Wildman–Crippen LogP) is 14.2. The third-order valence-electron chi connectivity index (χ3n) is 17.3. The lowest BCUT2D eigenvalue weighted by atomic mass is 10.0. The predicted molar refractivity (Wildman–Crippen MR) is 373 cm³/mol. The Kier molecular flexibility index (Phi) is 24.3. The zero-order chi connectivity index (χ0) is 70.7. The minimum absolute atomic E-state index is 0.0225. The highest BCUT2D eigenvalue weighted by atomic mass is 35.6. The van der Waals surface area contributed by atoms with Crippen LogP contribution in [0.1, 0.15) is 92.6 Å². The largest absolute Gasteiger partial charge is 0.497 e. The summed E-state index contributed by atoms with van der Waals surface area (Å²) < 4.78 is 90.5. The van der Waals surface area contributed by atoms with E-state index in [9.17, 15) is 18.0 Å². The number of methoxy groups -OCH3 is 3. The van der Waals surface area contributed by atoms with E-state index in [-0.39, 0.29) is 115 Å². The second-order valence-electron chi connectivity index (χ2n) is 26.1. The lowest BCUT2D eigenvalue weighted by Crippen LogP contribution is -2.58. The van der Waals surface area contributed by atoms with Crippen molar-refractivity contribution < 1.29 is 83.3 Å². The molecule has 23 nitrogen and oxygen atoms in total. The lowest BCUT2D eigenvalue weighted by Gasteiger charge is -2.44. The summed E-state index contributed by atoms with van der Waals surface area (Å²) in [5.41, 5.74) is 3.18. The highest BCUT2D eigenvalue weighted by molar-refractivity contribution is 7.86. The molecule has 0 aliphatic carbocycles. The molecule has 96 heavy (non-hydrogen) atoms. The van der Waals surface area contributed by atoms with E-state index in [1.807, 2.05) is 71.2 Å². The zero-order valence-corrected chi connectivity index (χ0v) is 63.2. The van der Waals surface area contributed by atoms with E-state index >= 15 is 9.59 Å². The average Bonchev–Trinajstić information content (AvgIpc) is 1.58. The van der Waals surface area contributed by atoms with Crippen LogP contribution in [0.3, 0.4) is 0 Å². The molecule has 0 bridgehead atoms. The first-order valence-electron chi connectivity index (χ1n) is 30.6. The van der Waals surface area contributed by atoms with Gasteiger partial charge in [-0.05, 0) is 102 Å². The Labute approximate surface area is 592 Å². The van der Waals surface area contributed by atoms with Gasteiger partial charge in [-0.3, -0.25) is 13.8 Å². The molecule has 4 unspecified atom stereocenters. The molecule has 0 saturated carbocycles. The number of pyridine rings is 1. The van der Waals surface area contributed by atoms with Crippen molar-refractivity contribution in [3.63, 3.8) is 0 Å². The highest BCUT2D eigenvalue weighted by Crippen LogP contribution is 2.50. The Morgan fingerprint density at radius 1 is 0.573 bits per heavy atom. The monoisotopic (exact) mass is 1510 g/mol. The van der Waals surface area contributed by atoms with Crippen molar-refractivity contribution in [1.29, 1.82) is 0 Å². The summed E-state index contributed by atoms with van der Waals surface area (Å²) in [6.07, 6.45) is 2.36. The Bertz CT molecular complexity index is 3680. The first-order valence-corrected chi connectivity index (χ1v) is 40.5. The number of halogens is 6. The van der Waals surface area contributed by atoms with Crippen molar-refractivity contribution in [3.8, 4) is 34.6 Å². The first-order chi connectivity index (χ1) is 44.7. The van der Waals surface area contributed by atoms with Crippen molar-refractivity contribution in [3.05, 3.63) is 102 Å². The minimum Gasteiger partial charge on any atom is -0.497 e. The molecule has 4 atom stereocenters. The van der Waals surface area contributed by atoms with Crippen LogP contribution in [0, 0.1) is 0 Å². The molecule has 0 radical (unpaired) electrons. The maximum absolute atomic E-state index is 15.3. The Hall–Kier alpha value is -5.47. The zero-order valence-electron chi connectivity index (χ0n) is 55.9. The van der Waals surface area contributed by atoms with Gasteiger partial charge in [0.25, 0.3) is 21.9 Å². The highest BCUT2D eigenvalue weighted by Gasteiger charge is 2.54. The molecule has 5 heterocycles. The van der Waals surface area contributed by atoms with Gasteiger partial charge < -0.3 is 61.3 Å². The number of benzene rings is 3. The van der Waals surface area contributed by atoms with E-state index < -0.39 is 101 Å². The van der Waals surface area contributed by atoms with Gasteiger partial charge in [0, 0.05) is 43.2 Å². The Morgan fingerprint density at radius 3 is 1.41 bits per heavy atom. The smallest absolute Gasteiger partial charge is 0.416 e. The maximum Gasteiger partial charge on any atom is 0.416 e. The van der Waals surface area contributed by atoms with Crippen molar-refractivity contribution in [1.82, 2.24) is 14.8 Å². The fraction of sp³-hybridized carbons (Fsp3) is 0.516. The van der Waals surface area contributed by atoms with Gasteiger partial charge in [-0.2, -0.15) is 8.42 Å². The standard InChI is InChI=1S/C64H81Cl6N5O18SSi2/c1-61(2,3)95(11,12)92-57-48-28-41(39-16-19-43(82-7)20-17-39)35-72(48)55(76)44-30-50(83-8)52(32-46(44)74(57)59(78)89-37-63(65,66)67)86-22-15-23-87-53-33-47-45(31-51(53)84-9)56(77)73-36-42(40-18-21-54(71-34-40)88-26-24-85-25-27-91-94(10,80)81)29-49(73)58(93-96(13,14)62(4,5)6)75(47)60(79)90-38-64(68,69)70/h16-21,30-36,48-49,57-58H,15,22-29,37-38H2,1-14H3. The molecular formula is C64H81Cl6N5O18SSi2. The number of anilines is 2. The molecular weight excluding hydrogens is 1430 g/mol. The first kappa shape index (κ1) is 76.3. The molecule has 4 aliphatic heterocycles. The quantitative estimate of drug-likeness (QED) is 0.0259. The van der Waals surface area contributed by atoms with E-state index in [2.05, 4.69) is 25.8 Å². The Morgan fingerprint density at radius 2 is 1.01 bits per heavy atom. The molecule has 4 aliphatic rings. The average molecular weight is 1510 g/mol. The van der Waals surface area contributed by atoms with Gasteiger partial charge in [0.1, 0.15) is 25.6 Å². The van der Waals surface area contributed by atoms with Crippen LogP contribution in [0.25, 0.3) is 11.1 Å². The SMILES string of the molecule is COc1ccc(C2=CN3C(=O)c4cc(OC)c(OCCCOc5cc6c(cc5OC)C(=O)N5C=C(c7ccc(OCCOCCOS(C)(=O)=O)nc7)CC5C(O[Si](C)(C)C(C)(C)C)N6C(=O)OCC(Cl)(Cl)Cl)cc4N(C(=O)OCC(Cl)(Cl)Cl)C(O[Si](C)(C)C(C)(C)C)C3C2)cc1. The summed E-state index contributed by atoms with van der Waals surface area (Å²) in [6.45, 7) is 19.2. The summed E-state index contributed by atoms with van der Waals surface area (Å²) in [5, 5.41) is -0.790. The van der Waals surface area contributed by atoms with E-state index in [1.54, 1.807) is 42.7 Å². The van der Waals surface area contributed by atoms with Crippen molar-refractivity contribution in [2.45, 2.75) is 129 Å². The van der Waals surface area contributed by atoms with Crippen LogP contribution in [-0.4, -0.2) is 176 Å². The summed E-state index contributed by atoms with van der Waals surface area (Å²) in [4.78, 5) is 70.4. The molecule has 526 valence electrons. The van der Waals surface area contributed by atoms with Crippen molar-refractivity contribution in [2.75, 3.05) is 90.2 Å². The molecule has 0 spiro atoms. The summed E-state index contributed by atoms with van der Waals surface area (Å²) >= 11 is 37.1. The lowest BCUT2D eigenvalue weighted by molar-refractivity contribution is 0.0584. The minimum atomic E-state index is -3.59. The number of aromatic nitrogens is 1. The van der Waals surface area contributed by atoms with Crippen LogP contribution >= 0.6 is 69.6 Å². The maximum atomic E-state index is 15.3. The van der Waals surface area contributed by atoms with Gasteiger partial charge in [-0.1, -0.05) is 123 Å². The normalized spacial score (nSPS) is 18.5. The number of rotatable bonds is 25. The summed E-state index contributed by atoms with van der Waals surface area (Å²) in [6, 6.07) is 15.3. The number of carbonyl (C=O) groups is 4. The molecule has 0 saturated heterocycles. The van der Waals surface area contributed by atoms with Gasteiger partial charge in [0.05, 0.1) is 95.2 Å².